The Morgan fingerprint density at radius 1 is 1.03 bits per heavy atom. The smallest absolute Gasteiger partial charge is 0.238 e. The Labute approximate surface area is 204 Å². The third kappa shape index (κ3) is 4.62. The Morgan fingerprint density at radius 2 is 1.79 bits per heavy atom. The summed E-state index contributed by atoms with van der Waals surface area (Å²) in [5.41, 5.74) is 4.88. The van der Waals surface area contributed by atoms with Gasteiger partial charge in [-0.1, -0.05) is 29.8 Å². The van der Waals surface area contributed by atoms with E-state index >= 15 is 0 Å². The molecule has 3 N–H and O–H groups in total. The number of anilines is 2. The number of hydrogen-bond acceptors (Lipinski definition) is 4. The monoisotopic (exact) mass is 476 g/mol. The molecule has 1 amide bonds. The van der Waals surface area contributed by atoms with Crippen LogP contribution in [0.4, 0.5) is 11.4 Å². The third-order valence-electron chi connectivity index (χ3n) is 6.75. The molecule has 1 aliphatic rings. The summed E-state index contributed by atoms with van der Waals surface area (Å²) in [4.78, 5) is 15.0. The van der Waals surface area contributed by atoms with Crippen LogP contribution in [0.25, 0.3) is 21.8 Å². The molecule has 1 aliphatic heterocycles. The number of hydrogen-bond donors (Lipinski definition) is 3. The average molecular weight is 477 g/mol. The number of nitrogens with zero attached hydrogens (tertiary/aromatic N) is 2. The number of fused-ring (bicyclic) bond motifs is 3. The summed E-state index contributed by atoms with van der Waals surface area (Å²) in [6.07, 6.45) is 1.87. The van der Waals surface area contributed by atoms with Gasteiger partial charge in [-0.15, -0.1) is 0 Å². The van der Waals surface area contributed by atoms with Gasteiger partial charge in [0.25, 0.3) is 0 Å². The molecule has 0 bridgehead atoms. The van der Waals surface area contributed by atoms with Crippen molar-refractivity contribution in [3.05, 3.63) is 71.2 Å². The van der Waals surface area contributed by atoms with Crippen LogP contribution in [0.2, 0.25) is 5.02 Å². The highest BCUT2D eigenvalue weighted by atomic mass is 35.5. The van der Waals surface area contributed by atoms with Crippen molar-refractivity contribution in [1.29, 1.82) is 0 Å². The number of halogens is 1. The summed E-state index contributed by atoms with van der Waals surface area (Å²) in [5, 5.41) is 19.2. The van der Waals surface area contributed by atoms with Crippen LogP contribution in [0.3, 0.4) is 0 Å². The largest absolute Gasteiger partial charge is 0.392 e. The molecule has 34 heavy (non-hydrogen) atoms. The topological polar surface area (TPSA) is 69.5 Å². The molecular weight excluding hydrogens is 448 g/mol. The second-order valence-electron chi connectivity index (χ2n) is 9.01. The number of aliphatic hydroxyl groups is 1. The first-order chi connectivity index (χ1) is 16.5. The van der Waals surface area contributed by atoms with Crippen LogP contribution in [0.1, 0.15) is 18.4 Å². The number of para-hydroxylation sites is 1. The number of rotatable bonds is 6. The summed E-state index contributed by atoms with van der Waals surface area (Å²) >= 11 is 6.03. The van der Waals surface area contributed by atoms with E-state index in [1.807, 2.05) is 30.3 Å². The summed E-state index contributed by atoms with van der Waals surface area (Å²) in [5.74, 6) is 0.00580. The number of carbonyl (C=O) groups excluding carboxylic acids is 1. The van der Waals surface area contributed by atoms with Gasteiger partial charge >= 0.3 is 0 Å². The van der Waals surface area contributed by atoms with Crippen molar-refractivity contribution < 1.29 is 9.90 Å². The standard InChI is InChI=1S/C27H29ClN4O2/c1-31-25-5-3-2-4-22(25)23-15-21(7-9-26(23)31)30-27(34)16-32-12-10-20(11-13-32)29-24-8-6-19(28)14-18(24)17-33/h2-9,14-15,20,29,33H,10-13,16-17H2,1H3,(H,30,34). The van der Waals surface area contributed by atoms with Crippen LogP contribution in [0.15, 0.2) is 60.7 Å². The van der Waals surface area contributed by atoms with Crippen LogP contribution in [0.5, 0.6) is 0 Å². The molecule has 4 aromatic rings. The number of piperidine rings is 1. The number of aromatic nitrogens is 1. The van der Waals surface area contributed by atoms with Gasteiger partial charge in [0.15, 0.2) is 0 Å². The molecule has 0 radical (unpaired) electrons. The fourth-order valence-electron chi connectivity index (χ4n) is 4.94. The summed E-state index contributed by atoms with van der Waals surface area (Å²) < 4.78 is 2.18. The SMILES string of the molecule is Cn1c2ccccc2c2cc(NC(=O)CN3CCC(Nc4ccc(Cl)cc4CO)CC3)ccc21. The fraction of sp³-hybridized carbons (Fsp3) is 0.296. The lowest BCUT2D eigenvalue weighted by atomic mass is 10.0. The van der Waals surface area contributed by atoms with Crippen molar-refractivity contribution in [2.75, 3.05) is 30.3 Å². The van der Waals surface area contributed by atoms with E-state index in [0.29, 0.717) is 17.6 Å². The fourth-order valence-corrected chi connectivity index (χ4v) is 5.13. The zero-order valence-corrected chi connectivity index (χ0v) is 20.0. The average Bonchev–Trinajstić information content (AvgIpc) is 3.13. The van der Waals surface area contributed by atoms with Crippen molar-refractivity contribution >= 4 is 50.7 Å². The zero-order valence-electron chi connectivity index (χ0n) is 19.2. The molecule has 1 aromatic heterocycles. The lowest BCUT2D eigenvalue weighted by Gasteiger charge is -2.32. The predicted octanol–water partition coefficient (Wildman–Crippen LogP) is 4.99. The van der Waals surface area contributed by atoms with E-state index in [1.54, 1.807) is 6.07 Å². The number of aliphatic hydroxyl groups excluding tert-OH is 1. The van der Waals surface area contributed by atoms with Gasteiger partial charge in [-0.25, -0.2) is 0 Å². The molecular formula is C27H29ClN4O2. The molecule has 0 saturated carbocycles. The molecule has 7 heteroatoms. The van der Waals surface area contributed by atoms with E-state index in [2.05, 4.69) is 51.4 Å². The van der Waals surface area contributed by atoms with Crippen LogP contribution in [0, 0.1) is 0 Å². The van der Waals surface area contributed by atoms with Gasteiger partial charge in [-0.3, -0.25) is 9.69 Å². The molecule has 6 nitrogen and oxygen atoms in total. The highest BCUT2D eigenvalue weighted by Gasteiger charge is 2.21. The van der Waals surface area contributed by atoms with E-state index in [9.17, 15) is 9.90 Å². The molecule has 1 saturated heterocycles. The molecule has 0 aliphatic carbocycles. The number of nitrogens with one attached hydrogen (secondary N) is 2. The van der Waals surface area contributed by atoms with E-state index in [-0.39, 0.29) is 12.5 Å². The van der Waals surface area contributed by atoms with Crippen LogP contribution >= 0.6 is 11.6 Å². The Kier molecular flexibility index (Phi) is 6.46. The number of likely N-dealkylation sites (tertiary alicyclic amines) is 1. The van der Waals surface area contributed by atoms with Gasteiger partial charge in [-0.2, -0.15) is 0 Å². The van der Waals surface area contributed by atoms with Gasteiger partial charge in [0, 0.05) is 69.9 Å². The molecule has 3 aromatic carbocycles. The summed E-state index contributed by atoms with van der Waals surface area (Å²) in [6.45, 7) is 2.01. The minimum absolute atomic E-state index is 0.00580. The summed E-state index contributed by atoms with van der Waals surface area (Å²) in [6, 6.07) is 20.3. The number of carbonyl (C=O) groups is 1. The second kappa shape index (κ2) is 9.66. The van der Waals surface area contributed by atoms with Crippen molar-refractivity contribution in [3.8, 4) is 0 Å². The van der Waals surface area contributed by atoms with E-state index in [4.69, 9.17) is 11.6 Å². The quantitative estimate of drug-likeness (QED) is 0.366. The van der Waals surface area contributed by atoms with Gasteiger partial charge in [-0.05, 0) is 55.3 Å². The first kappa shape index (κ1) is 22.7. The molecule has 0 unspecified atom stereocenters. The normalized spacial score (nSPS) is 15.1. The lowest BCUT2D eigenvalue weighted by molar-refractivity contribution is -0.117. The summed E-state index contributed by atoms with van der Waals surface area (Å²) in [7, 11) is 2.07. The molecule has 176 valence electrons. The number of amides is 1. The maximum atomic E-state index is 12.8. The molecule has 0 spiro atoms. The zero-order chi connectivity index (χ0) is 23.7. The highest BCUT2D eigenvalue weighted by molar-refractivity contribution is 6.30. The lowest BCUT2D eigenvalue weighted by Crippen LogP contribution is -2.42. The highest BCUT2D eigenvalue weighted by Crippen LogP contribution is 2.30. The van der Waals surface area contributed by atoms with Gasteiger partial charge in [0.1, 0.15) is 0 Å². The Hall–Kier alpha value is -3.06. The van der Waals surface area contributed by atoms with E-state index < -0.39 is 0 Å². The minimum Gasteiger partial charge on any atom is -0.392 e. The first-order valence-electron chi connectivity index (χ1n) is 11.7. The first-order valence-corrected chi connectivity index (χ1v) is 12.0. The van der Waals surface area contributed by atoms with E-state index in [1.165, 1.54) is 10.9 Å². The maximum absolute atomic E-state index is 12.8. The number of benzene rings is 3. The van der Waals surface area contributed by atoms with Crippen molar-refractivity contribution in [2.24, 2.45) is 7.05 Å². The van der Waals surface area contributed by atoms with Crippen molar-refractivity contribution in [3.63, 3.8) is 0 Å². The van der Waals surface area contributed by atoms with Gasteiger partial charge in [0.2, 0.25) is 5.91 Å². The molecule has 0 atom stereocenters. The Balaban J connectivity index is 1.18. The molecule has 5 rings (SSSR count). The van der Waals surface area contributed by atoms with Gasteiger partial charge in [0.05, 0.1) is 13.2 Å². The van der Waals surface area contributed by atoms with Crippen molar-refractivity contribution in [1.82, 2.24) is 9.47 Å². The molecule has 1 fully saturated rings. The van der Waals surface area contributed by atoms with Crippen molar-refractivity contribution in [2.45, 2.75) is 25.5 Å². The van der Waals surface area contributed by atoms with Crippen LogP contribution < -0.4 is 10.6 Å². The van der Waals surface area contributed by atoms with E-state index in [0.717, 1.165) is 53.8 Å². The predicted molar refractivity (Wildman–Crippen MR) is 140 cm³/mol. The third-order valence-corrected chi connectivity index (χ3v) is 6.98. The Bertz CT molecular complexity index is 1340. The second-order valence-corrected chi connectivity index (χ2v) is 9.45. The van der Waals surface area contributed by atoms with Crippen LogP contribution in [-0.4, -0.2) is 46.2 Å². The molecule has 2 heterocycles. The number of aryl methyl sites for hydroxylation is 1. The minimum atomic E-state index is -0.0491. The van der Waals surface area contributed by atoms with Crippen LogP contribution in [-0.2, 0) is 18.4 Å². The Morgan fingerprint density at radius 3 is 2.59 bits per heavy atom. The van der Waals surface area contributed by atoms with Gasteiger partial charge < -0.3 is 20.3 Å². The maximum Gasteiger partial charge on any atom is 0.238 e.